The van der Waals surface area contributed by atoms with E-state index in [4.69, 9.17) is 0 Å². The van der Waals surface area contributed by atoms with Gasteiger partial charge >= 0.3 is 0 Å². The van der Waals surface area contributed by atoms with Gasteiger partial charge in [-0.1, -0.05) is 96.1 Å². The first kappa shape index (κ1) is 24.5. The number of nitrogens with zero attached hydrogens (tertiary/aromatic N) is 1. The lowest BCUT2D eigenvalue weighted by atomic mass is 9.95. The minimum Gasteiger partial charge on any atom is -0.310 e. The normalized spacial score (nSPS) is 12.2. The minimum absolute atomic E-state index is 1.17. The summed E-state index contributed by atoms with van der Waals surface area (Å²) in [6.45, 7) is 8.99. The van der Waals surface area contributed by atoms with Gasteiger partial charge in [0.2, 0.25) is 0 Å². The molecule has 0 saturated heterocycles. The molecule has 0 saturated carbocycles. The van der Waals surface area contributed by atoms with E-state index >= 15 is 0 Å². The fraction of sp³-hybridized carbons (Fsp3) is 0.0952. The van der Waals surface area contributed by atoms with Crippen molar-refractivity contribution in [2.75, 3.05) is 4.90 Å². The molecular formula is C42H31N. The largest absolute Gasteiger partial charge is 0.310 e. The van der Waals surface area contributed by atoms with Crippen LogP contribution >= 0.6 is 0 Å². The molecule has 0 bridgehead atoms. The van der Waals surface area contributed by atoms with Crippen LogP contribution in [0.1, 0.15) is 22.3 Å². The van der Waals surface area contributed by atoms with Gasteiger partial charge in [-0.2, -0.15) is 0 Å². The highest BCUT2D eigenvalue weighted by Crippen LogP contribution is 2.51. The highest BCUT2D eigenvalue weighted by atomic mass is 15.1. The second kappa shape index (κ2) is 8.69. The van der Waals surface area contributed by atoms with Gasteiger partial charge in [0.1, 0.15) is 0 Å². The lowest BCUT2D eigenvalue weighted by Gasteiger charge is -2.27. The van der Waals surface area contributed by atoms with Gasteiger partial charge in [0.25, 0.3) is 0 Å². The quantitative estimate of drug-likeness (QED) is 0.212. The third kappa shape index (κ3) is 3.22. The molecule has 0 aliphatic heterocycles. The molecule has 0 fully saturated rings. The predicted molar refractivity (Wildman–Crippen MR) is 187 cm³/mol. The molecule has 0 spiro atoms. The fourth-order valence-electron chi connectivity index (χ4n) is 7.92. The zero-order chi connectivity index (χ0) is 29.0. The van der Waals surface area contributed by atoms with E-state index in [-0.39, 0.29) is 0 Å². The van der Waals surface area contributed by atoms with Gasteiger partial charge in [-0.15, -0.1) is 0 Å². The lowest BCUT2D eigenvalue weighted by Crippen LogP contribution is -2.10. The molecule has 0 aromatic heterocycles. The van der Waals surface area contributed by atoms with Crippen LogP contribution in [0.2, 0.25) is 0 Å². The first-order valence-electron chi connectivity index (χ1n) is 15.2. The molecule has 0 radical (unpaired) electrons. The third-order valence-corrected chi connectivity index (χ3v) is 9.82. The standard InChI is InChI=1S/C42H31N/c1-24-14-18-29(19-15-24)43(30-20-16-25(2)17-21-30)36-23-22-35-40-27(4)38-33-12-6-9-28-8-5-11-32(41(28)33)37(38)26(3)39(40)34-13-7-10-31(36)42(34)35/h5-23H,1-4H3. The molecule has 0 unspecified atom stereocenters. The third-order valence-electron chi connectivity index (χ3n) is 9.82. The molecule has 204 valence electrons. The number of fused-ring (bicyclic) bond motifs is 6. The summed E-state index contributed by atoms with van der Waals surface area (Å²) in [4.78, 5) is 2.42. The van der Waals surface area contributed by atoms with Crippen molar-refractivity contribution < 1.29 is 0 Å². The van der Waals surface area contributed by atoms with E-state index in [1.165, 1.54) is 104 Å². The van der Waals surface area contributed by atoms with Gasteiger partial charge in [0, 0.05) is 16.8 Å². The molecule has 0 aliphatic rings. The Kier molecular flexibility index (Phi) is 4.94. The summed E-state index contributed by atoms with van der Waals surface area (Å²) in [5.41, 5.74) is 8.85. The number of aryl methyl sites for hydroxylation is 4. The van der Waals surface area contributed by atoms with E-state index in [0.717, 1.165) is 0 Å². The zero-order valence-electron chi connectivity index (χ0n) is 24.9. The first-order valence-corrected chi connectivity index (χ1v) is 15.2. The van der Waals surface area contributed by atoms with Crippen LogP contribution in [0, 0.1) is 27.7 Å². The summed E-state index contributed by atoms with van der Waals surface area (Å²) in [6.07, 6.45) is 0. The summed E-state index contributed by atoms with van der Waals surface area (Å²) in [7, 11) is 0. The van der Waals surface area contributed by atoms with Crippen LogP contribution in [0.5, 0.6) is 0 Å². The molecule has 0 aliphatic carbocycles. The number of anilines is 3. The van der Waals surface area contributed by atoms with Crippen molar-refractivity contribution in [3.05, 3.63) is 138 Å². The van der Waals surface area contributed by atoms with Crippen LogP contribution in [-0.2, 0) is 0 Å². The van der Waals surface area contributed by atoms with Crippen molar-refractivity contribution >= 4 is 81.7 Å². The minimum atomic E-state index is 1.17. The predicted octanol–water partition coefficient (Wildman–Crippen LogP) is 12.2. The van der Waals surface area contributed by atoms with Crippen LogP contribution in [0.3, 0.4) is 0 Å². The Morgan fingerprint density at radius 1 is 0.349 bits per heavy atom. The summed E-state index contributed by atoms with van der Waals surface area (Å²) in [5, 5.41) is 16.4. The molecule has 0 N–H and O–H groups in total. The molecule has 1 nitrogen and oxygen atoms in total. The molecule has 0 atom stereocenters. The average molecular weight is 550 g/mol. The Morgan fingerprint density at radius 3 is 1.28 bits per heavy atom. The van der Waals surface area contributed by atoms with E-state index in [0.29, 0.717) is 0 Å². The van der Waals surface area contributed by atoms with Crippen molar-refractivity contribution in [1.82, 2.24) is 0 Å². The number of hydrogen-bond donors (Lipinski definition) is 0. The van der Waals surface area contributed by atoms with Gasteiger partial charge in [-0.05, 0) is 128 Å². The van der Waals surface area contributed by atoms with Gasteiger partial charge in [0.05, 0.1) is 5.69 Å². The molecule has 9 rings (SSSR count). The molecular weight excluding hydrogens is 518 g/mol. The maximum atomic E-state index is 2.42. The Labute approximate surface area is 251 Å². The topological polar surface area (TPSA) is 3.24 Å². The SMILES string of the molecule is Cc1ccc(N(c2ccc(C)cc2)c2ccc3c4c(C)c5c6cccc7cccc(c5c(C)c4c4cccc2c43)c76)cc1. The van der Waals surface area contributed by atoms with Gasteiger partial charge in [0.15, 0.2) is 0 Å². The highest BCUT2D eigenvalue weighted by Gasteiger charge is 2.24. The monoisotopic (exact) mass is 549 g/mol. The second-order valence-corrected chi connectivity index (χ2v) is 12.3. The van der Waals surface area contributed by atoms with E-state index in [2.05, 4.69) is 148 Å². The van der Waals surface area contributed by atoms with Gasteiger partial charge < -0.3 is 4.90 Å². The Balaban J connectivity index is 1.42. The summed E-state index contributed by atoms with van der Waals surface area (Å²) in [5.74, 6) is 0. The number of benzene rings is 7. The fourth-order valence-corrected chi connectivity index (χ4v) is 7.92. The zero-order valence-corrected chi connectivity index (χ0v) is 24.9. The van der Waals surface area contributed by atoms with Crippen LogP contribution in [0.25, 0.3) is 64.6 Å². The Morgan fingerprint density at radius 2 is 0.767 bits per heavy atom. The van der Waals surface area contributed by atoms with Crippen molar-refractivity contribution in [3.8, 4) is 0 Å². The average Bonchev–Trinajstić information content (AvgIpc) is 3.55. The van der Waals surface area contributed by atoms with E-state index in [9.17, 15) is 0 Å². The second-order valence-electron chi connectivity index (χ2n) is 12.3. The molecule has 43 heavy (non-hydrogen) atoms. The number of hydrogen-bond acceptors (Lipinski definition) is 1. The molecule has 9 aromatic rings. The first-order chi connectivity index (χ1) is 21.0. The van der Waals surface area contributed by atoms with Crippen molar-refractivity contribution in [3.63, 3.8) is 0 Å². The maximum absolute atomic E-state index is 2.42. The molecule has 1 heteroatoms. The van der Waals surface area contributed by atoms with Crippen LogP contribution in [-0.4, -0.2) is 0 Å². The maximum Gasteiger partial charge on any atom is 0.0540 e. The van der Waals surface area contributed by atoms with Crippen molar-refractivity contribution in [2.24, 2.45) is 0 Å². The lowest BCUT2D eigenvalue weighted by molar-refractivity contribution is 1.28. The van der Waals surface area contributed by atoms with E-state index in [1.807, 2.05) is 0 Å². The Bertz CT molecular complexity index is 2380. The van der Waals surface area contributed by atoms with Crippen LogP contribution in [0.4, 0.5) is 17.1 Å². The molecule has 9 aromatic carbocycles. The smallest absolute Gasteiger partial charge is 0.0540 e. The highest BCUT2D eigenvalue weighted by molar-refractivity contribution is 6.40. The van der Waals surface area contributed by atoms with E-state index in [1.54, 1.807) is 0 Å². The van der Waals surface area contributed by atoms with Crippen LogP contribution < -0.4 is 4.90 Å². The van der Waals surface area contributed by atoms with E-state index < -0.39 is 0 Å². The molecule has 0 amide bonds. The van der Waals surface area contributed by atoms with Gasteiger partial charge in [-0.25, -0.2) is 0 Å². The Hall–Kier alpha value is -5.14. The number of rotatable bonds is 3. The summed E-state index contributed by atoms with van der Waals surface area (Å²) in [6, 6.07) is 43.0. The van der Waals surface area contributed by atoms with Gasteiger partial charge in [-0.3, -0.25) is 0 Å². The van der Waals surface area contributed by atoms with Crippen LogP contribution in [0.15, 0.2) is 115 Å². The summed E-state index contributed by atoms with van der Waals surface area (Å²) < 4.78 is 0. The summed E-state index contributed by atoms with van der Waals surface area (Å²) >= 11 is 0. The van der Waals surface area contributed by atoms with Crippen molar-refractivity contribution in [1.29, 1.82) is 0 Å². The van der Waals surface area contributed by atoms with Crippen molar-refractivity contribution in [2.45, 2.75) is 27.7 Å². The molecule has 0 heterocycles.